The minimum atomic E-state index is -0.616. The number of alkyl halides is 1. The van der Waals surface area contributed by atoms with Gasteiger partial charge < -0.3 is 19.6 Å². The third-order valence-corrected chi connectivity index (χ3v) is 3.27. The highest BCUT2D eigenvalue weighted by Crippen LogP contribution is 2.27. The third kappa shape index (κ3) is 3.49. The Labute approximate surface area is 115 Å². The zero-order valence-electron chi connectivity index (χ0n) is 10.7. The topological polar surface area (TPSA) is 71.6 Å². The lowest BCUT2D eigenvalue weighted by Crippen LogP contribution is -2.19. The minimum absolute atomic E-state index is 0.121. The van der Waals surface area contributed by atoms with E-state index in [1.807, 2.05) is 13.8 Å². The number of carbonyl (C=O) groups is 1. The number of ether oxygens (including phenoxy) is 2. The Morgan fingerprint density at radius 1 is 1.50 bits per heavy atom. The monoisotopic (exact) mass is 319 g/mol. The summed E-state index contributed by atoms with van der Waals surface area (Å²) in [6, 6.07) is 0. The lowest BCUT2D eigenvalue weighted by atomic mass is 10.2. The number of halogens is 1. The molecule has 0 fully saturated rings. The molecular formula is C12H18BrNO4. The van der Waals surface area contributed by atoms with E-state index in [9.17, 15) is 9.90 Å². The van der Waals surface area contributed by atoms with Crippen LogP contribution in [0.1, 0.15) is 28.7 Å². The SMILES string of the molecule is CCOC(=O)c1[nH]c(C)c(C)c1OCC(O)CBr. The molecule has 0 bridgehead atoms. The van der Waals surface area contributed by atoms with Crippen molar-refractivity contribution < 1.29 is 19.4 Å². The summed E-state index contributed by atoms with van der Waals surface area (Å²) in [5.41, 5.74) is 2.00. The largest absolute Gasteiger partial charge is 0.488 e. The lowest BCUT2D eigenvalue weighted by molar-refractivity contribution is 0.0511. The average molecular weight is 320 g/mol. The number of nitrogens with one attached hydrogen (secondary N) is 1. The Morgan fingerprint density at radius 2 is 2.17 bits per heavy atom. The quantitative estimate of drug-likeness (QED) is 0.621. The van der Waals surface area contributed by atoms with Crippen LogP contribution in [0.3, 0.4) is 0 Å². The second-order valence-electron chi connectivity index (χ2n) is 3.92. The molecule has 0 saturated heterocycles. The van der Waals surface area contributed by atoms with Crippen molar-refractivity contribution in [2.45, 2.75) is 26.9 Å². The summed E-state index contributed by atoms with van der Waals surface area (Å²) in [4.78, 5) is 14.7. The van der Waals surface area contributed by atoms with Crippen LogP contribution in [0.4, 0.5) is 0 Å². The van der Waals surface area contributed by atoms with E-state index in [2.05, 4.69) is 20.9 Å². The van der Waals surface area contributed by atoms with Gasteiger partial charge in [-0.2, -0.15) is 0 Å². The summed E-state index contributed by atoms with van der Waals surface area (Å²) < 4.78 is 10.4. The molecule has 0 aliphatic carbocycles. The second kappa shape index (κ2) is 6.80. The molecule has 5 nitrogen and oxygen atoms in total. The van der Waals surface area contributed by atoms with Crippen LogP contribution in [-0.4, -0.2) is 40.7 Å². The number of carbonyl (C=O) groups excluding carboxylic acids is 1. The van der Waals surface area contributed by atoms with Crippen molar-refractivity contribution in [3.8, 4) is 5.75 Å². The smallest absolute Gasteiger partial charge is 0.358 e. The van der Waals surface area contributed by atoms with Crippen LogP contribution in [0.2, 0.25) is 0 Å². The van der Waals surface area contributed by atoms with E-state index in [-0.39, 0.29) is 6.61 Å². The van der Waals surface area contributed by atoms with E-state index in [4.69, 9.17) is 9.47 Å². The molecule has 1 aromatic heterocycles. The first-order valence-corrected chi connectivity index (χ1v) is 6.86. The molecule has 18 heavy (non-hydrogen) atoms. The van der Waals surface area contributed by atoms with E-state index in [1.165, 1.54) is 0 Å². The molecule has 0 aliphatic heterocycles. The van der Waals surface area contributed by atoms with Gasteiger partial charge in [-0.05, 0) is 20.8 Å². The van der Waals surface area contributed by atoms with Gasteiger partial charge in [-0.1, -0.05) is 15.9 Å². The number of aryl methyl sites for hydroxylation is 1. The van der Waals surface area contributed by atoms with Crippen molar-refractivity contribution >= 4 is 21.9 Å². The van der Waals surface area contributed by atoms with Gasteiger partial charge in [0.25, 0.3) is 0 Å². The number of aliphatic hydroxyl groups excluding tert-OH is 1. The second-order valence-corrected chi connectivity index (χ2v) is 4.57. The fourth-order valence-electron chi connectivity index (χ4n) is 1.45. The average Bonchev–Trinajstić information content (AvgIpc) is 2.63. The zero-order chi connectivity index (χ0) is 13.7. The first-order chi connectivity index (χ1) is 8.51. The number of rotatable bonds is 6. The molecule has 0 aliphatic rings. The molecule has 1 aromatic rings. The van der Waals surface area contributed by atoms with Crippen molar-refractivity contribution in [1.82, 2.24) is 4.98 Å². The highest BCUT2D eigenvalue weighted by molar-refractivity contribution is 9.09. The molecule has 102 valence electrons. The van der Waals surface area contributed by atoms with Crippen LogP contribution in [0.15, 0.2) is 0 Å². The number of esters is 1. The molecule has 0 radical (unpaired) electrons. The van der Waals surface area contributed by atoms with Crippen molar-refractivity contribution in [3.63, 3.8) is 0 Å². The Balaban J connectivity index is 2.90. The molecule has 6 heteroatoms. The van der Waals surface area contributed by atoms with E-state index >= 15 is 0 Å². The number of aromatic nitrogens is 1. The van der Waals surface area contributed by atoms with Gasteiger partial charge in [0.2, 0.25) is 0 Å². The molecular weight excluding hydrogens is 302 g/mol. The van der Waals surface area contributed by atoms with Gasteiger partial charge in [-0.3, -0.25) is 0 Å². The molecule has 0 spiro atoms. The molecule has 1 atom stereocenters. The normalized spacial score (nSPS) is 12.3. The summed E-state index contributed by atoms with van der Waals surface area (Å²) >= 11 is 3.15. The number of hydrogen-bond acceptors (Lipinski definition) is 4. The van der Waals surface area contributed by atoms with Gasteiger partial charge >= 0.3 is 5.97 Å². The summed E-state index contributed by atoms with van der Waals surface area (Å²) in [5.74, 6) is 0.00276. The van der Waals surface area contributed by atoms with Gasteiger partial charge in [0, 0.05) is 16.6 Å². The fourth-order valence-corrected chi connectivity index (χ4v) is 1.63. The van der Waals surface area contributed by atoms with E-state index in [1.54, 1.807) is 6.92 Å². The Morgan fingerprint density at radius 3 is 2.72 bits per heavy atom. The highest BCUT2D eigenvalue weighted by Gasteiger charge is 2.21. The predicted molar refractivity (Wildman–Crippen MR) is 71.5 cm³/mol. The van der Waals surface area contributed by atoms with Crippen LogP contribution >= 0.6 is 15.9 Å². The van der Waals surface area contributed by atoms with E-state index in [0.717, 1.165) is 11.3 Å². The van der Waals surface area contributed by atoms with Crippen LogP contribution in [0.25, 0.3) is 0 Å². The maximum absolute atomic E-state index is 11.7. The molecule has 1 unspecified atom stereocenters. The van der Waals surface area contributed by atoms with Crippen molar-refractivity contribution in [1.29, 1.82) is 0 Å². The molecule has 2 N–H and O–H groups in total. The van der Waals surface area contributed by atoms with Crippen molar-refractivity contribution in [2.75, 3.05) is 18.5 Å². The number of hydrogen-bond donors (Lipinski definition) is 2. The van der Waals surface area contributed by atoms with Crippen molar-refractivity contribution in [3.05, 3.63) is 17.0 Å². The lowest BCUT2D eigenvalue weighted by Gasteiger charge is -2.11. The zero-order valence-corrected chi connectivity index (χ0v) is 12.3. The van der Waals surface area contributed by atoms with Gasteiger partial charge in [-0.15, -0.1) is 0 Å². The van der Waals surface area contributed by atoms with E-state index in [0.29, 0.717) is 23.4 Å². The Bertz CT molecular complexity index is 416. The molecule has 0 aromatic carbocycles. The third-order valence-electron chi connectivity index (χ3n) is 2.52. The summed E-state index contributed by atoms with van der Waals surface area (Å²) in [6.45, 7) is 5.88. The summed E-state index contributed by atoms with van der Waals surface area (Å²) in [7, 11) is 0. The molecule has 0 saturated carbocycles. The van der Waals surface area contributed by atoms with Crippen molar-refractivity contribution in [2.24, 2.45) is 0 Å². The molecule has 1 rings (SSSR count). The minimum Gasteiger partial charge on any atom is -0.488 e. The first kappa shape index (κ1) is 15.0. The van der Waals surface area contributed by atoms with Gasteiger partial charge in [0.1, 0.15) is 6.61 Å². The van der Waals surface area contributed by atoms with Gasteiger partial charge in [0.05, 0.1) is 12.7 Å². The van der Waals surface area contributed by atoms with Crippen LogP contribution in [0.5, 0.6) is 5.75 Å². The van der Waals surface area contributed by atoms with Crippen LogP contribution in [0, 0.1) is 13.8 Å². The van der Waals surface area contributed by atoms with Gasteiger partial charge in [-0.25, -0.2) is 4.79 Å². The maximum Gasteiger partial charge on any atom is 0.358 e. The number of aromatic amines is 1. The maximum atomic E-state index is 11.7. The predicted octanol–water partition coefficient (Wildman–Crippen LogP) is 1.94. The standard InChI is InChI=1S/C12H18BrNO4/c1-4-17-12(16)10-11(7(2)8(3)14-10)18-6-9(15)5-13/h9,14-15H,4-6H2,1-3H3. The Hall–Kier alpha value is -1.01. The Kier molecular flexibility index (Phi) is 5.68. The first-order valence-electron chi connectivity index (χ1n) is 5.74. The fraction of sp³-hybridized carbons (Fsp3) is 0.583. The number of H-pyrrole nitrogens is 1. The summed E-state index contributed by atoms with van der Waals surface area (Å²) in [6.07, 6.45) is -0.616. The van der Waals surface area contributed by atoms with E-state index < -0.39 is 12.1 Å². The number of aliphatic hydroxyl groups is 1. The summed E-state index contributed by atoms with van der Waals surface area (Å²) in [5, 5.41) is 9.87. The molecule has 1 heterocycles. The van der Waals surface area contributed by atoms with Gasteiger partial charge in [0.15, 0.2) is 11.4 Å². The van der Waals surface area contributed by atoms with Crippen LogP contribution in [-0.2, 0) is 4.74 Å². The highest BCUT2D eigenvalue weighted by atomic mass is 79.9. The van der Waals surface area contributed by atoms with Crippen LogP contribution < -0.4 is 4.74 Å². The molecule has 0 amide bonds.